The minimum absolute atomic E-state index is 0.0393. The number of benzene rings is 1. The molecule has 0 heterocycles. The van der Waals surface area contributed by atoms with Crippen LogP contribution in [0.1, 0.15) is 18.4 Å². The maximum Gasteiger partial charge on any atom is 0.275 e. The van der Waals surface area contributed by atoms with Crippen molar-refractivity contribution in [2.75, 3.05) is 6.54 Å². The smallest absolute Gasteiger partial charge is 0.275 e. The number of hydrogen-bond donors (Lipinski definition) is 2. The van der Waals surface area contributed by atoms with Gasteiger partial charge in [-0.15, -0.1) is 0 Å². The standard InChI is InChI=1S/C12H14ClN3O3/c13-9-2-1-8(11(5-9)16(18)19)6-14-7-12(17)15-10-3-4-10/h1-2,5,10,14H,3-4,6-7H2,(H,15,17). The predicted octanol–water partition coefficient (Wildman–Crippen LogP) is 1.62. The van der Waals surface area contributed by atoms with Crippen molar-refractivity contribution in [1.82, 2.24) is 10.6 Å². The maximum atomic E-state index is 11.4. The van der Waals surface area contributed by atoms with Gasteiger partial charge in [0.15, 0.2) is 0 Å². The van der Waals surface area contributed by atoms with E-state index >= 15 is 0 Å². The van der Waals surface area contributed by atoms with Crippen LogP contribution >= 0.6 is 11.6 Å². The van der Waals surface area contributed by atoms with Gasteiger partial charge in [0.1, 0.15) is 0 Å². The number of carbonyl (C=O) groups is 1. The van der Waals surface area contributed by atoms with E-state index in [2.05, 4.69) is 10.6 Å². The zero-order valence-electron chi connectivity index (χ0n) is 10.2. The highest BCUT2D eigenvalue weighted by Crippen LogP contribution is 2.23. The summed E-state index contributed by atoms with van der Waals surface area (Å²) in [6, 6.07) is 4.81. The molecule has 1 amide bonds. The zero-order valence-corrected chi connectivity index (χ0v) is 10.9. The summed E-state index contributed by atoms with van der Waals surface area (Å²) in [5.74, 6) is -0.0842. The predicted molar refractivity (Wildman–Crippen MR) is 71.0 cm³/mol. The Labute approximate surface area is 115 Å². The Morgan fingerprint density at radius 2 is 2.21 bits per heavy atom. The van der Waals surface area contributed by atoms with Gasteiger partial charge < -0.3 is 10.6 Å². The molecule has 0 bridgehead atoms. The van der Waals surface area contributed by atoms with E-state index in [0.717, 1.165) is 12.8 Å². The van der Waals surface area contributed by atoms with Crippen molar-refractivity contribution < 1.29 is 9.72 Å². The summed E-state index contributed by atoms with van der Waals surface area (Å²) >= 11 is 5.72. The Kier molecular flexibility index (Phi) is 4.34. The fourth-order valence-electron chi connectivity index (χ4n) is 1.67. The normalized spacial score (nSPS) is 14.2. The van der Waals surface area contributed by atoms with Crippen LogP contribution in [0.5, 0.6) is 0 Å². The molecule has 0 aromatic heterocycles. The number of carbonyl (C=O) groups excluding carboxylic acids is 1. The summed E-state index contributed by atoms with van der Waals surface area (Å²) in [5.41, 5.74) is 0.469. The molecule has 6 nitrogen and oxygen atoms in total. The van der Waals surface area contributed by atoms with Gasteiger partial charge in [-0.2, -0.15) is 0 Å². The van der Waals surface area contributed by atoms with Crippen molar-refractivity contribution in [2.24, 2.45) is 0 Å². The van der Waals surface area contributed by atoms with Crippen LogP contribution in [0.25, 0.3) is 0 Å². The van der Waals surface area contributed by atoms with Crippen LogP contribution < -0.4 is 10.6 Å². The Morgan fingerprint density at radius 1 is 1.47 bits per heavy atom. The first-order valence-electron chi connectivity index (χ1n) is 5.99. The van der Waals surface area contributed by atoms with Gasteiger partial charge >= 0.3 is 0 Å². The molecule has 1 fully saturated rings. The first-order chi connectivity index (χ1) is 9.06. The van der Waals surface area contributed by atoms with E-state index in [1.807, 2.05) is 0 Å². The van der Waals surface area contributed by atoms with Gasteiger partial charge in [-0.25, -0.2) is 0 Å². The number of rotatable bonds is 6. The van der Waals surface area contributed by atoms with Crippen LogP contribution in [0.3, 0.4) is 0 Å². The van der Waals surface area contributed by atoms with Gasteiger partial charge in [-0.05, 0) is 25.0 Å². The third kappa shape index (κ3) is 4.18. The quantitative estimate of drug-likeness (QED) is 0.614. The molecule has 2 N–H and O–H groups in total. The second kappa shape index (κ2) is 5.99. The lowest BCUT2D eigenvalue weighted by Gasteiger charge is -2.06. The topological polar surface area (TPSA) is 84.3 Å². The molecule has 0 spiro atoms. The summed E-state index contributed by atoms with van der Waals surface area (Å²) in [7, 11) is 0. The van der Waals surface area contributed by atoms with E-state index < -0.39 is 4.92 Å². The largest absolute Gasteiger partial charge is 0.352 e. The molecule has 102 valence electrons. The molecule has 0 aliphatic heterocycles. The van der Waals surface area contributed by atoms with Crippen LogP contribution in [0.15, 0.2) is 18.2 Å². The number of halogens is 1. The van der Waals surface area contributed by atoms with E-state index in [1.165, 1.54) is 6.07 Å². The molecule has 1 saturated carbocycles. The van der Waals surface area contributed by atoms with Crippen LogP contribution in [-0.4, -0.2) is 23.4 Å². The lowest BCUT2D eigenvalue weighted by molar-refractivity contribution is -0.385. The van der Waals surface area contributed by atoms with Crippen molar-refractivity contribution in [3.8, 4) is 0 Å². The van der Waals surface area contributed by atoms with Crippen LogP contribution in [-0.2, 0) is 11.3 Å². The van der Waals surface area contributed by atoms with Gasteiger partial charge in [0, 0.05) is 29.2 Å². The molecule has 1 aromatic carbocycles. The van der Waals surface area contributed by atoms with E-state index in [1.54, 1.807) is 12.1 Å². The molecule has 1 aromatic rings. The molecule has 2 rings (SSSR count). The average Bonchev–Trinajstić information content (AvgIpc) is 3.14. The van der Waals surface area contributed by atoms with Gasteiger partial charge in [0.2, 0.25) is 5.91 Å². The minimum atomic E-state index is -0.479. The van der Waals surface area contributed by atoms with Crippen molar-refractivity contribution in [2.45, 2.75) is 25.4 Å². The van der Waals surface area contributed by atoms with Crippen molar-refractivity contribution >= 4 is 23.2 Å². The molecule has 19 heavy (non-hydrogen) atoms. The second-order valence-electron chi connectivity index (χ2n) is 4.48. The molecule has 1 aliphatic rings. The monoisotopic (exact) mass is 283 g/mol. The number of amides is 1. The molecular weight excluding hydrogens is 270 g/mol. The zero-order chi connectivity index (χ0) is 13.8. The van der Waals surface area contributed by atoms with E-state index in [-0.39, 0.29) is 24.7 Å². The van der Waals surface area contributed by atoms with Crippen LogP contribution in [0.2, 0.25) is 5.02 Å². The number of nitrogens with zero attached hydrogens (tertiary/aromatic N) is 1. The third-order valence-electron chi connectivity index (χ3n) is 2.79. The highest BCUT2D eigenvalue weighted by molar-refractivity contribution is 6.30. The van der Waals surface area contributed by atoms with Crippen LogP contribution in [0, 0.1) is 10.1 Å². The van der Waals surface area contributed by atoms with Gasteiger partial charge in [0.05, 0.1) is 11.5 Å². The Hall–Kier alpha value is -1.66. The summed E-state index contributed by atoms with van der Waals surface area (Å²) in [4.78, 5) is 21.8. The third-order valence-corrected chi connectivity index (χ3v) is 3.02. The summed E-state index contributed by atoms with van der Waals surface area (Å²) in [6.45, 7) is 0.405. The SMILES string of the molecule is O=C(CNCc1ccc(Cl)cc1[N+](=O)[O-])NC1CC1. The summed E-state index contributed by atoms with van der Waals surface area (Å²) in [5, 5.41) is 16.9. The molecular formula is C12H14ClN3O3. The first kappa shape index (κ1) is 13.8. The first-order valence-corrected chi connectivity index (χ1v) is 6.37. The number of nitro benzene ring substituents is 1. The van der Waals surface area contributed by atoms with Crippen molar-refractivity contribution in [3.05, 3.63) is 38.9 Å². The number of nitro groups is 1. The highest BCUT2D eigenvalue weighted by Gasteiger charge is 2.23. The Bertz CT molecular complexity index is 503. The maximum absolute atomic E-state index is 11.4. The molecule has 0 radical (unpaired) electrons. The molecule has 7 heteroatoms. The van der Waals surface area contributed by atoms with Gasteiger partial charge in [-0.1, -0.05) is 11.6 Å². The Balaban J connectivity index is 1.87. The molecule has 0 unspecified atom stereocenters. The fraction of sp³-hybridized carbons (Fsp3) is 0.417. The lowest BCUT2D eigenvalue weighted by atomic mass is 10.2. The number of hydrogen-bond acceptors (Lipinski definition) is 4. The molecule has 1 aliphatic carbocycles. The van der Waals surface area contributed by atoms with Crippen LogP contribution in [0.4, 0.5) is 5.69 Å². The minimum Gasteiger partial charge on any atom is -0.352 e. The van der Waals surface area contributed by atoms with E-state index in [4.69, 9.17) is 11.6 Å². The molecule has 0 saturated heterocycles. The van der Waals surface area contributed by atoms with Gasteiger partial charge in [0.25, 0.3) is 5.69 Å². The van der Waals surface area contributed by atoms with Crippen molar-refractivity contribution in [1.29, 1.82) is 0 Å². The van der Waals surface area contributed by atoms with Gasteiger partial charge in [-0.3, -0.25) is 14.9 Å². The average molecular weight is 284 g/mol. The summed E-state index contributed by atoms with van der Waals surface area (Å²) in [6.07, 6.45) is 2.07. The molecule has 0 atom stereocenters. The van der Waals surface area contributed by atoms with E-state index in [0.29, 0.717) is 16.6 Å². The second-order valence-corrected chi connectivity index (χ2v) is 4.91. The van der Waals surface area contributed by atoms with Crippen molar-refractivity contribution in [3.63, 3.8) is 0 Å². The summed E-state index contributed by atoms with van der Waals surface area (Å²) < 4.78 is 0. The lowest BCUT2D eigenvalue weighted by Crippen LogP contribution is -2.34. The Morgan fingerprint density at radius 3 is 2.84 bits per heavy atom. The number of nitrogens with one attached hydrogen (secondary N) is 2. The highest BCUT2D eigenvalue weighted by atomic mass is 35.5. The fourth-order valence-corrected chi connectivity index (χ4v) is 1.84. The van der Waals surface area contributed by atoms with E-state index in [9.17, 15) is 14.9 Å².